The molecule has 5 heteroatoms. The van der Waals surface area contributed by atoms with E-state index < -0.39 is 10.0 Å². The Hall–Kier alpha value is -1.07. The molecule has 2 N–H and O–H groups in total. The van der Waals surface area contributed by atoms with E-state index in [1.807, 2.05) is 19.9 Å². The number of rotatable bonds is 3. The quantitative estimate of drug-likeness (QED) is 0.872. The van der Waals surface area contributed by atoms with Crippen LogP contribution in [0, 0.1) is 5.92 Å². The average Bonchev–Trinajstić information content (AvgIpc) is 2.41. The van der Waals surface area contributed by atoms with Gasteiger partial charge in [0.2, 0.25) is 10.0 Å². The Labute approximate surface area is 122 Å². The summed E-state index contributed by atoms with van der Waals surface area (Å²) < 4.78 is 27.2. The molecule has 0 spiro atoms. The fourth-order valence-electron chi connectivity index (χ4n) is 2.83. The van der Waals surface area contributed by atoms with Gasteiger partial charge in [-0.15, -0.1) is 0 Å². The van der Waals surface area contributed by atoms with E-state index in [1.165, 1.54) is 0 Å². The molecule has 1 fully saturated rings. The zero-order valence-electron chi connectivity index (χ0n) is 12.5. The largest absolute Gasteiger partial charge is 0.398 e. The lowest BCUT2D eigenvalue weighted by atomic mass is 9.94. The van der Waals surface area contributed by atoms with Gasteiger partial charge in [0.1, 0.15) is 0 Å². The second-order valence-corrected chi connectivity index (χ2v) is 7.58. The van der Waals surface area contributed by atoms with Crippen molar-refractivity contribution in [3.05, 3.63) is 23.8 Å². The van der Waals surface area contributed by atoms with Crippen molar-refractivity contribution in [2.45, 2.75) is 51.0 Å². The number of sulfonamides is 1. The lowest BCUT2D eigenvalue weighted by molar-refractivity contribution is 0.202. The third-order valence-corrected chi connectivity index (χ3v) is 6.40. The van der Waals surface area contributed by atoms with Gasteiger partial charge in [-0.3, -0.25) is 0 Å². The molecule has 0 amide bonds. The van der Waals surface area contributed by atoms with Crippen molar-refractivity contribution in [1.82, 2.24) is 4.31 Å². The van der Waals surface area contributed by atoms with Crippen molar-refractivity contribution in [2.75, 3.05) is 12.3 Å². The van der Waals surface area contributed by atoms with Crippen LogP contribution in [-0.2, 0) is 16.4 Å². The summed E-state index contributed by atoms with van der Waals surface area (Å²) in [4.78, 5) is 0.313. The third kappa shape index (κ3) is 2.69. The minimum absolute atomic E-state index is 0.0424. The van der Waals surface area contributed by atoms with Gasteiger partial charge >= 0.3 is 0 Å². The van der Waals surface area contributed by atoms with Gasteiger partial charge in [0, 0.05) is 18.3 Å². The van der Waals surface area contributed by atoms with Gasteiger partial charge in [0.15, 0.2) is 0 Å². The van der Waals surface area contributed by atoms with Gasteiger partial charge in [0.25, 0.3) is 0 Å². The summed E-state index contributed by atoms with van der Waals surface area (Å²) in [6.07, 6.45) is 2.82. The highest BCUT2D eigenvalue weighted by atomic mass is 32.2. The van der Waals surface area contributed by atoms with Crippen LogP contribution < -0.4 is 5.73 Å². The smallest absolute Gasteiger partial charge is 0.243 e. The molecule has 1 saturated heterocycles. The first kappa shape index (κ1) is 15.3. The van der Waals surface area contributed by atoms with Crippen molar-refractivity contribution in [1.29, 1.82) is 0 Å². The molecular weight excluding hydrogens is 272 g/mol. The number of anilines is 1. The van der Waals surface area contributed by atoms with Crippen LogP contribution in [0.2, 0.25) is 0 Å². The molecule has 1 aromatic carbocycles. The molecule has 2 rings (SSSR count). The van der Waals surface area contributed by atoms with Crippen molar-refractivity contribution < 1.29 is 8.42 Å². The number of nitrogen functional groups attached to an aromatic ring is 1. The summed E-state index contributed by atoms with van der Waals surface area (Å²) in [5.74, 6) is 0.394. The van der Waals surface area contributed by atoms with E-state index in [2.05, 4.69) is 6.92 Å². The molecule has 0 aliphatic carbocycles. The van der Waals surface area contributed by atoms with E-state index in [0.717, 1.165) is 24.8 Å². The predicted octanol–water partition coefficient (Wildman–Crippen LogP) is 2.64. The maximum atomic E-state index is 12.8. The predicted molar refractivity (Wildman–Crippen MR) is 82.0 cm³/mol. The summed E-state index contributed by atoms with van der Waals surface area (Å²) in [6.45, 7) is 6.71. The van der Waals surface area contributed by atoms with Crippen molar-refractivity contribution in [3.63, 3.8) is 0 Å². The first-order valence-electron chi connectivity index (χ1n) is 7.28. The van der Waals surface area contributed by atoms with Gasteiger partial charge in [0.05, 0.1) is 4.90 Å². The molecule has 20 heavy (non-hydrogen) atoms. The van der Waals surface area contributed by atoms with Gasteiger partial charge < -0.3 is 5.73 Å². The first-order chi connectivity index (χ1) is 9.37. The van der Waals surface area contributed by atoms with Crippen LogP contribution in [-0.4, -0.2) is 25.3 Å². The van der Waals surface area contributed by atoms with E-state index in [1.54, 1.807) is 16.4 Å². The monoisotopic (exact) mass is 296 g/mol. The van der Waals surface area contributed by atoms with Gasteiger partial charge in [-0.1, -0.05) is 19.9 Å². The fourth-order valence-corrected chi connectivity index (χ4v) is 4.63. The second-order valence-electron chi connectivity index (χ2n) is 5.69. The number of hydrogen-bond acceptors (Lipinski definition) is 3. The summed E-state index contributed by atoms with van der Waals surface area (Å²) in [7, 11) is -3.44. The molecule has 4 nitrogen and oxygen atoms in total. The molecule has 2 unspecified atom stereocenters. The maximum Gasteiger partial charge on any atom is 0.243 e. The molecule has 112 valence electrons. The van der Waals surface area contributed by atoms with Crippen LogP contribution >= 0.6 is 0 Å². The molecule has 0 aromatic heterocycles. The first-order valence-corrected chi connectivity index (χ1v) is 8.72. The molecule has 1 aliphatic heterocycles. The van der Waals surface area contributed by atoms with Crippen LogP contribution in [0.5, 0.6) is 0 Å². The Kier molecular flexibility index (Phi) is 4.39. The highest BCUT2D eigenvalue weighted by Gasteiger charge is 2.34. The molecule has 1 aliphatic rings. The normalized spacial score (nSPS) is 24.8. The average molecular weight is 296 g/mol. The van der Waals surface area contributed by atoms with Gasteiger partial charge in [-0.05, 0) is 49.8 Å². The Balaban J connectivity index is 2.37. The number of nitrogens with zero attached hydrogens (tertiary/aromatic N) is 1. The van der Waals surface area contributed by atoms with E-state index >= 15 is 0 Å². The van der Waals surface area contributed by atoms with Crippen LogP contribution in [0.1, 0.15) is 39.2 Å². The van der Waals surface area contributed by atoms with Crippen LogP contribution in [0.15, 0.2) is 23.1 Å². The molecule has 2 atom stereocenters. The number of benzene rings is 1. The topological polar surface area (TPSA) is 63.4 Å². The number of nitrogens with two attached hydrogens (primary N) is 1. The zero-order valence-corrected chi connectivity index (χ0v) is 13.3. The summed E-state index contributed by atoms with van der Waals surface area (Å²) >= 11 is 0. The van der Waals surface area contributed by atoms with Crippen LogP contribution in [0.4, 0.5) is 5.69 Å². The molecule has 0 radical (unpaired) electrons. The van der Waals surface area contributed by atoms with Gasteiger partial charge in [-0.25, -0.2) is 8.42 Å². The lowest BCUT2D eigenvalue weighted by Gasteiger charge is -2.36. The van der Waals surface area contributed by atoms with Crippen molar-refractivity contribution in [2.24, 2.45) is 5.92 Å². The van der Waals surface area contributed by atoms with E-state index in [0.29, 0.717) is 23.0 Å². The highest BCUT2D eigenvalue weighted by molar-refractivity contribution is 7.89. The van der Waals surface area contributed by atoms with Crippen LogP contribution in [0.3, 0.4) is 0 Å². The van der Waals surface area contributed by atoms with Crippen LogP contribution in [0.25, 0.3) is 0 Å². The second kappa shape index (κ2) is 5.74. The Morgan fingerprint density at radius 2 is 2.05 bits per heavy atom. The number of piperidine rings is 1. The molecule has 0 bridgehead atoms. The van der Waals surface area contributed by atoms with Crippen molar-refractivity contribution >= 4 is 15.7 Å². The van der Waals surface area contributed by atoms with E-state index in [4.69, 9.17) is 5.73 Å². The standard InChI is InChI=1S/C15H24N2O2S/c1-4-13-7-8-14(10-15(13)16)20(18,19)17-9-5-6-11(2)12(17)3/h7-8,10-12H,4-6,9,16H2,1-3H3. The molecule has 1 aromatic rings. The fraction of sp³-hybridized carbons (Fsp3) is 0.600. The summed E-state index contributed by atoms with van der Waals surface area (Å²) in [6, 6.07) is 5.14. The molecule has 1 heterocycles. The third-order valence-electron chi connectivity index (χ3n) is 4.42. The Morgan fingerprint density at radius 3 is 2.65 bits per heavy atom. The molecular formula is C15H24N2O2S. The maximum absolute atomic E-state index is 12.8. The number of hydrogen-bond donors (Lipinski definition) is 1. The zero-order chi connectivity index (χ0) is 14.9. The summed E-state index contributed by atoms with van der Waals surface area (Å²) in [5.41, 5.74) is 7.49. The Morgan fingerprint density at radius 1 is 1.35 bits per heavy atom. The SMILES string of the molecule is CCc1ccc(S(=O)(=O)N2CCCC(C)C2C)cc1N. The van der Waals surface area contributed by atoms with E-state index in [-0.39, 0.29) is 6.04 Å². The van der Waals surface area contributed by atoms with E-state index in [9.17, 15) is 8.42 Å². The van der Waals surface area contributed by atoms with Crippen molar-refractivity contribution in [3.8, 4) is 0 Å². The Bertz CT molecular complexity index is 584. The molecule has 0 saturated carbocycles. The minimum atomic E-state index is -3.44. The lowest BCUT2D eigenvalue weighted by Crippen LogP contribution is -2.45. The highest BCUT2D eigenvalue weighted by Crippen LogP contribution is 2.30. The van der Waals surface area contributed by atoms with Gasteiger partial charge in [-0.2, -0.15) is 4.31 Å². The number of aryl methyl sites for hydroxylation is 1. The minimum Gasteiger partial charge on any atom is -0.398 e. The summed E-state index contributed by atoms with van der Waals surface area (Å²) in [5, 5.41) is 0.